The Morgan fingerprint density at radius 3 is 2.82 bits per heavy atom. The van der Waals surface area contributed by atoms with Gasteiger partial charge in [0.05, 0.1) is 5.52 Å². The van der Waals surface area contributed by atoms with Crippen LogP contribution in [0.2, 0.25) is 0 Å². The zero-order valence-electron chi connectivity index (χ0n) is 9.08. The number of para-hydroxylation sites is 1. The Morgan fingerprint density at radius 2 is 2.12 bits per heavy atom. The van der Waals surface area contributed by atoms with Crippen molar-refractivity contribution in [2.45, 2.75) is 13.0 Å². The fraction of sp³-hybridized carbons (Fsp3) is 0.182. The Morgan fingerprint density at radius 1 is 1.41 bits per heavy atom. The SMILES string of the molecule is C[C@H](O)C(=O)N=Nc1c(O)[nH]c2ccccc12. The highest BCUT2D eigenvalue weighted by atomic mass is 16.3. The van der Waals surface area contributed by atoms with Gasteiger partial charge in [0, 0.05) is 5.39 Å². The first-order valence-corrected chi connectivity index (χ1v) is 5.03. The molecule has 0 bridgehead atoms. The van der Waals surface area contributed by atoms with Gasteiger partial charge in [0.15, 0.2) is 5.69 Å². The van der Waals surface area contributed by atoms with Crippen molar-refractivity contribution in [2.75, 3.05) is 0 Å². The molecule has 0 spiro atoms. The molecule has 0 fully saturated rings. The highest BCUT2D eigenvalue weighted by molar-refractivity contribution is 5.94. The molecule has 0 aliphatic heterocycles. The number of amides is 1. The van der Waals surface area contributed by atoms with Crippen molar-refractivity contribution >= 4 is 22.5 Å². The van der Waals surface area contributed by atoms with E-state index in [0.29, 0.717) is 10.9 Å². The van der Waals surface area contributed by atoms with Gasteiger partial charge in [-0.3, -0.25) is 4.79 Å². The van der Waals surface area contributed by atoms with Crippen molar-refractivity contribution in [1.29, 1.82) is 0 Å². The first-order chi connectivity index (χ1) is 8.09. The van der Waals surface area contributed by atoms with Gasteiger partial charge in [-0.2, -0.15) is 0 Å². The van der Waals surface area contributed by atoms with Gasteiger partial charge in [-0.15, -0.1) is 10.2 Å². The lowest BCUT2D eigenvalue weighted by Gasteiger charge is -1.94. The summed E-state index contributed by atoms with van der Waals surface area (Å²) in [6, 6.07) is 7.10. The van der Waals surface area contributed by atoms with E-state index in [1.807, 2.05) is 0 Å². The molecule has 0 radical (unpaired) electrons. The predicted molar refractivity (Wildman–Crippen MR) is 61.2 cm³/mol. The number of azo groups is 1. The molecule has 0 saturated heterocycles. The van der Waals surface area contributed by atoms with Crippen LogP contribution >= 0.6 is 0 Å². The number of H-pyrrole nitrogens is 1. The molecule has 0 aliphatic rings. The molecule has 3 N–H and O–H groups in total. The molecule has 1 aromatic carbocycles. The number of aromatic amines is 1. The van der Waals surface area contributed by atoms with Crippen molar-refractivity contribution in [3.05, 3.63) is 24.3 Å². The average molecular weight is 233 g/mol. The van der Waals surface area contributed by atoms with Crippen LogP contribution in [0.4, 0.5) is 5.69 Å². The van der Waals surface area contributed by atoms with Crippen LogP contribution < -0.4 is 0 Å². The number of rotatable bonds is 2. The fourth-order valence-corrected chi connectivity index (χ4v) is 1.40. The van der Waals surface area contributed by atoms with Crippen LogP contribution in [-0.4, -0.2) is 27.2 Å². The molecule has 1 atom stereocenters. The maximum Gasteiger partial charge on any atom is 0.292 e. The number of aromatic nitrogens is 1. The number of nitrogens with one attached hydrogen (secondary N) is 1. The molecule has 1 aromatic heterocycles. The number of hydrogen-bond acceptors (Lipinski definition) is 4. The van der Waals surface area contributed by atoms with Gasteiger partial charge in [0.25, 0.3) is 5.91 Å². The van der Waals surface area contributed by atoms with Crippen molar-refractivity contribution in [1.82, 2.24) is 4.98 Å². The maximum atomic E-state index is 11.1. The minimum atomic E-state index is -1.20. The Kier molecular flexibility index (Phi) is 2.88. The molecule has 17 heavy (non-hydrogen) atoms. The largest absolute Gasteiger partial charge is 0.493 e. The Hall–Kier alpha value is -2.21. The van der Waals surface area contributed by atoms with E-state index in [4.69, 9.17) is 5.11 Å². The Bertz CT molecular complexity index is 587. The quantitative estimate of drug-likeness (QED) is 0.690. The highest BCUT2D eigenvalue weighted by Gasteiger charge is 2.11. The third-order valence-electron chi connectivity index (χ3n) is 2.27. The van der Waals surface area contributed by atoms with Gasteiger partial charge in [-0.05, 0) is 13.0 Å². The smallest absolute Gasteiger partial charge is 0.292 e. The van der Waals surface area contributed by atoms with E-state index >= 15 is 0 Å². The van der Waals surface area contributed by atoms with Crippen LogP contribution in [0.5, 0.6) is 5.88 Å². The van der Waals surface area contributed by atoms with E-state index in [1.165, 1.54) is 6.92 Å². The molecular weight excluding hydrogens is 222 g/mol. The highest BCUT2D eigenvalue weighted by Crippen LogP contribution is 2.35. The van der Waals surface area contributed by atoms with Gasteiger partial charge in [0.1, 0.15) is 6.10 Å². The second-order valence-electron chi connectivity index (χ2n) is 3.58. The van der Waals surface area contributed by atoms with Crippen LogP contribution in [0.3, 0.4) is 0 Å². The lowest BCUT2D eigenvalue weighted by molar-refractivity contribution is -0.125. The lowest BCUT2D eigenvalue weighted by Crippen LogP contribution is -2.11. The molecule has 88 valence electrons. The maximum absolute atomic E-state index is 11.1. The molecular formula is C11H11N3O3. The minimum absolute atomic E-state index is 0.159. The average Bonchev–Trinajstić information content (AvgIpc) is 2.61. The van der Waals surface area contributed by atoms with Gasteiger partial charge in [0.2, 0.25) is 5.88 Å². The van der Waals surface area contributed by atoms with E-state index in [9.17, 15) is 9.90 Å². The summed E-state index contributed by atoms with van der Waals surface area (Å²) in [5, 5.41) is 26.2. The van der Waals surface area contributed by atoms with Crippen molar-refractivity contribution in [3.8, 4) is 5.88 Å². The molecule has 1 heterocycles. The zero-order valence-corrected chi connectivity index (χ0v) is 9.08. The van der Waals surface area contributed by atoms with E-state index in [2.05, 4.69) is 15.2 Å². The topological polar surface area (TPSA) is 98.0 Å². The summed E-state index contributed by atoms with van der Waals surface area (Å²) >= 11 is 0. The Balaban J connectivity index is 2.42. The number of fused-ring (bicyclic) bond motifs is 1. The zero-order chi connectivity index (χ0) is 12.4. The van der Waals surface area contributed by atoms with Gasteiger partial charge < -0.3 is 15.2 Å². The first-order valence-electron chi connectivity index (χ1n) is 5.03. The monoisotopic (exact) mass is 233 g/mol. The summed E-state index contributed by atoms with van der Waals surface area (Å²) in [5.41, 5.74) is 0.887. The number of carbonyl (C=O) groups is 1. The molecule has 0 saturated carbocycles. The van der Waals surface area contributed by atoms with Crippen LogP contribution in [0, 0.1) is 0 Å². The van der Waals surface area contributed by atoms with Gasteiger partial charge >= 0.3 is 0 Å². The van der Waals surface area contributed by atoms with E-state index in [1.54, 1.807) is 24.3 Å². The van der Waals surface area contributed by atoms with Crippen molar-refractivity contribution in [2.24, 2.45) is 10.2 Å². The molecule has 2 rings (SSSR count). The second-order valence-corrected chi connectivity index (χ2v) is 3.58. The summed E-state index contributed by atoms with van der Waals surface area (Å²) in [6.45, 7) is 1.30. The third kappa shape index (κ3) is 2.16. The Labute approximate surface area is 96.6 Å². The summed E-state index contributed by atoms with van der Waals surface area (Å²) < 4.78 is 0. The van der Waals surface area contributed by atoms with E-state index in [-0.39, 0.29) is 11.6 Å². The standard InChI is InChI=1S/C11H11N3O3/c1-6(15)10(16)14-13-9-7-4-2-3-5-8(7)12-11(9)17/h2-6,12,15,17H,1H3/t6-/m0/s1. The van der Waals surface area contributed by atoms with Crippen molar-refractivity contribution in [3.63, 3.8) is 0 Å². The number of aromatic hydroxyl groups is 1. The summed E-state index contributed by atoms with van der Waals surface area (Å²) in [5.74, 6) is -0.914. The predicted octanol–water partition coefficient (Wildman–Crippen LogP) is 1.86. The summed E-state index contributed by atoms with van der Waals surface area (Å²) in [7, 11) is 0. The number of carbonyl (C=O) groups excluding carboxylic acids is 1. The van der Waals surface area contributed by atoms with Crippen molar-refractivity contribution < 1.29 is 15.0 Å². The number of hydrogen-bond donors (Lipinski definition) is 3. The molecule has 6 nitrogen and oxygen atoms in total. The molecule has 2 aromatic rings. The van der Waals surface area contributed by atoms with Crippen LogP contribution in [-0.2, 0) is 4.79 Å². The summed E-state index contributed by atoms with van der Waals surface area (Å²) in [4.78, 5) is 13.8. The van der Waals surface area contributed by atoms with Crippen LogP contribution in [0.25, 0.3) is 10.9 Å². The van der Waals surface area contributed by atoms with E-state index in [0.717, 1.165) is 0 Å². The minimum Gasteiger partial charge on any atom is -0.493 e. The molecule has 0 aliphatic carbocycles. The molecule has 6 heteroatoms. The number of aliphatic hydroxyl groups is 1. The van der Waals surface area contributed by atoms with Crippen LogP contribution in [0.15, 0.2) is 34.5 Å². The second kappa shape index (κ2) is 4.34. The first kappa shape index (κ1) is 11.3. The molecule has 0 unspecified atom stereocenters. The van der Waals surface area contributed by atoms with Gasteiger partial charge in [-0.25, -0.2) is 0 Å². The third-order valence-corrected chi connectivity index (χ3v) is 2.27. The normalized spacial score (nSPS) is 13.3. The van der Waals surface area contributed by atoms with Gasteiger partial charge in [-0.1, -0.05) is 18.2 Å². The van der Waals surface area contributed by atoms with E-state index < -0.39 is 12.0 Å². The number of benzene rings is 1. The number of nitrogens with zero attached hydrogens (tertiary/aromatic N) is 2. The summed E-state index contributed by atoms with van der Waals surface area (Å²) in [6.07, 6.45) is -1.20. The molecule has 1 amide bonds. The van der Waals surface area contributed by atoms with Crippen LogP contribution in [0.1, 0.15) is 6.92 Å². The fourth-order valence-electron chi connectivity index (χ4n) is 1.40. The number of aliphatic hydroxyl groups excluding tert-OH is 1. The lowest BCUT2D eigenvalue weighted by atomic mass is 10.2.